The van der Waals surface area contributed by atoms with E-state index < -0.39 is 5.41 Å². The topological polar surface area (TPSA) is 112 Å². The van der Waals surface area contributed by atoms with Crippen LogP contribution in [-0.4, -0.2) is 69.3 Å². The molecule has 2 amide bonds. The fourth-order valence-electron chi connectivity index (χ4n) is 5.96. The number of fused-ring (bicyclic) bond motifs is 3. The highest BCUT2D eigenvalue weighted by molar-refractivity contribution is 6.10. The number of aliphatic hydroxyl groups excluding tert-OH is 1. The molecule has 1 aromatic carbocycles. The normalized spacial score (nSPS) is 26.0. The molecule has 1 spiro atoms. The van der Waals surface area contributed by atoms with E-state index in [4.69, 9.17) is 4.74 Å². The first-order chi connectivity index (χ1) is 17.1. The minimum Gasteiger partial charge on any atom is -0.489 e. The second kappa shape index (κ2) is 8.64. The van der Waals surface area contributed by atoms with Crippen molar-refractivity contribution in [3.8, 4) is 5.75 Å². The van der Waals surface area contributed by atoms with Gasteiger partial charge in [-0.3, -0.25) is 14.7 Å². The molecule has 2 aliphatic heterocycles. The number of nitrogens with one attached hydrogen (secondary N) is 1. The minimum atomic E-state index is -0.609. The molecule has 2 N–H and O–H groups in total. The molecule has 1 saturated carbocycles. The predicted molar refractivity (Wildman–Crippen MR) is 129 cm³/mol. The van der Waals surface area contributed by atoms with E-state index in [1.165, 1.54) is 0 Å². The molecule has 9 nitrogen and oxygen atoms in total. The van der Waals surface area contributed by atoms with E-state index in [9.17, 15) is 14.7 Å². The van der Waals surface area contributed by atoms with E-state index in [-0.39, 0.29) is 37.0 Å². The molecule has 3 aliphatic rings. The van der Waals surface area contributed by atoms with Crippen molar-refractivity contribution >= 4 is 28.5 Å². The van der Waals surface area contributed by atoms with Gasteiger partial charge in [-0.15, -0.1) is 0 Å². The third-order valence-corrected chi connectivity index (χ3v) is 7.91. The van der Waals surface area contributed by atoms with Gasteiger partial charge in [-0.2, -0.15) is 5.10 Å². The number of anilines is 1. The number of likely N-dealkylation sites (tertiary alicyclic amines) is 1. The molecule has 0 bridgehead atoms. The molecule has 0 radical (unpaired) electrons. The van der Waals surface area contributed by atoms with Crippen molar-refractivity contribution in [1.82, 2.24) is 20.1 Å². The fraction of sp³-hybridized carbons (Fsp3) is 0.462. The Morgan fingerprint density at radius 1 is 1.20 bits per heavy atom. The summed E-state index contributed by atoms with van der Waals surface area (Å²) < 4.78 is 6.23. The van der Waals surface area contributed by atoms with Crippen molar-refractivity contribution in [2.75, 3.05) is 31.1 Å². The zero-order valence-electron chi connectivity index (χ0n) is 19.5. The van der Waals surface area contributed by atoms with E-state index in [0.717, 1.165) is 41.5 Å². The molecule has 35 heavy (non-hydrogen) atoms. The number of benzene rings is 1. The van der Waals surface area contributed by atoms with Crippen LogP contribution in [0.3, 0.4) is 0 Å². The van der Waals surface area contributed by atoms with Crippen LogP contribution in [0.15, 0.2) is 42.7 Å². The number of hydrogen-bond acceptors (Lipinski definition) is 6. The van der Waals surface area contributed by atoms with E-state index in [0.29, 0.717) is 31.7 Å². The molecule has 2 aromatic heterocycles. The molecule has 1 atom stereocenters. The molecule has 1 saturated heterocycles. The fourth-order valence-corrected chi connectivity index (χ4v) is 5.96. The number of rotatable bonds is 5. The number of para-hydroxylation sites is 1. The maximum absolute atomic E-state index is 13.8. The standard InChI is InChI=1S/C26H29N5O4/c32-16-17-7-10-30(14-17)23(33)15-31-22-4-2-1-3-21(22)26(25(31)34)8-5-19(6-9-26)35-20-11-18-12-28-29-24(18)27-13-20/h1-4,11-13,17,19,32H,5-10,14-16H2,(H,27,28,29)/t17-,19?,26?/m0/s1. The number of hydrogen-bond donors (Lipinski definition) is 2. The maximum Gasteiger partial charge on any atom is 0.242 e. The number of H-pyrrole nitrogens is 1. The monoisotopic (exact) mass is 475 g/mol. The van der Waals surface area contributed by atoms with Crippen LogP contribution in [0.25, 0.3) is 11.0 Å². The van der Waals surface area contributed by atoms with Gasteiger partial charge in [0.15, 0.2) is 5.65 Å². The minimum absolute atomic E-state index is 0.00225. The largest absolute Gasteiger partial charge is 0.489 e. The number of pyridine rings is 1. The second-order valence-electron chi connectivity index (χ2n) is 9.96. The van der Waals surface area contributed by atoms with Gasteiger partial charge in [-0.05, 0) is 49.8 Å². The smallest absolute Gasteiger partial charge is 0.242 e. The summed E-state index contributed by atoms with van der Waals surface area (Å²) in [6.07, 6.45) is 7.08. The number of aromatic amines is 1. The van der Waals surface area contributed by atoms with Crippen molar-refractivity contribution in [2.24, 2.45) is 5.92 Å². The van der Waals surface area contributed by atoms with Crippen LogP contribution in [0, 0.1) is 5.92 Å². The van der Waals surface area contributed by atoms with E-state index >= 15 is 0 Å². The molecule has 4 heterocycles. The lowest BCUT2D eigenvalue weighted by atomic mass is 9.69. The summed E-state index contributed by atoms with van der Waals surface area (Å²) in [5.41, 5.74) is 1.98. The highest BCUT2D eigenvalue weighted by Crippen LogP contribution is 2.50. The Bertz CT molecular complexity index is 1270. The summed E-state index contributed by atoms with van der Waals surface area (Å²) in [5.74, 6) is 0.800. The van der Waals surface area contributed by atoms with E-state index in [1.54, 1.807) is 22.2 Å². The molecular formula is C26H29N5O4. The molecule has 6 rings (SSSR count). The van der Waals surface area contributed by atoms with Gasteiger partial charge in [0.2, 0.25) is 11.8 Å². The third kappa shape index (κ3) is 3.74. The summed E-state index contributed by atoms with van der Waals surface area (Å²) >= 11 is 0. The number of aromatic nitrogens is 3. The van der Waals surface area contributed by atoms with Crippen molar-refractivity contribution in [2.45, 2.75) is 43.6 Å². The van der Waals surface area contributed by atoms with Gasteiger partial charge in [0.25, 0.3) is 0 Å². The SMILES string of the molecule is O=C(CN1C(=O)C2(CCC(Oc3cnc4[nH]ncc4c3)CC2)c2ccccc21)N1CC[C@H](CO)C1. The molecule has 2 fully saturated rings. The number of amides is 2. The van der Waals surface area contributed by atoms with Gasteiger partial charge in [0.05, 0.1) is 23.9 Å². The van der Waals surface area contributed by atoms with Gasteiger partial charge >= 0.3 is 0 Å². The summed E-state index contributed by atoms with van der Waals surface area (Å²) in [4.78, 5) is 34.7. The van der Waals surface area contributed by atoms with Crippen LogP contribution >= 0.6 is 0 Å². The van der Waals surface area contributed by atoms with Crippen LogP contribution in [0.4, 0.5) is 5.69 Å². The summed E-state index contributed by atoms with van der Waals surface area (Å²) in [7, 11) is 0. The molecule has 9 heteroatoms. The van der Waals surface area contributed by atoms with E-state index in [1.807, 2.05) is 30.3 Å². The Hall–Kier alpha value is -3.46. The van der Waals surface area contributed by atoms with Crippen molar-refractivity contribution < 1.29 is 19.4 Å². The van der Waals surface area contributed by atoms with Gasteiger partial charge in [0, 0.05) is 36.7 Å². The molecule has 0 unspecified atom stereocenters. The number of ether oxygens (including phenoxy) is 1. The number of aliphatic hydroxyl groups is 1. The lowest BCUT2D eigenvalue weighted by Crippen LogP contribution is -2.47. The number of carbonyl (C=O) groups is 2. The van der Waals surface area contributed by atoms with Crippen LogP contribution in [0.2, 0.25) is 0 Å². The van der Waals surface area contributed by atoms with Crippen molar-refractivity contribution in [1.29, 1.82) is 0 Å². The number of carbonyl (C=O) groups excluding carboxylic acids is 2. The third-order valence-electron chi connectivity index (χ3n) is 7.91. The first-order valence-electron chi connectivity index (χ1n) is 12.3. The Morgan fingerprint density at radius 3 is 2.83 bits per heavy atom. The zero-order chi connectivity index (χ0) is 24.0. The van der Waals surface area contributed by atoms with Gasteiger partial charge in [-0.25, -0.2) is 4.98 Å². The van der Waals surface area contributed by atoms with Crippen molar-refractivity contribution in [3.63, 3.8) is 0 Å². The van der Waals surface area contributed by atoms with Crippen LogP contribution in [-0.2, 0) is 15.0 Å². The Morgan fingerprint density at radius 2 is 2.03 bits per heavy atom. The lowest BCUT2D eigenvalue weighted by Gasteiger charge is -2.36. The van der Waals surface area contributed by atoms with Crippen LogP contribution in [0.1, 0.15) is 37.7 Å². The van der Waals surface area contributed by atoms with Crippen LogP contribution in [0.5, 0.6) is 5.75 Å². The van der Waals surface area contributed by atoms with Gasteiger partial charge in [-0.1, -0.05) is 18.2 Å². The lowest BCUT2D eigenvalue weighted by molar-refractivity contribution is -0.132. The summed E-state index contributed by atoms with van der Waals surface area (Å²) in [6.45, 7) is 1.33. The quantitative estimate of drug-likeness (QED) is 0.586. The first kappa shape index (κ1) is 22.0. The second-order valence-corrected chi connectivity index (χ2v) is 9.96. The van der Waals surface area contributed by atoms with E-state index in [2.05, 4.69) is 15.2 Å². The Balaban J connectivity index is 1.17. The van der Waals surface area contributed by atoms with Gasteiger partial charge in [0.1, 0.15) is 12.3 Å². The summed E-state index contributed by atoms with van der Waals surface area (Å²) in [5, 5.41) is 17.2. The molecule has 182 valence electrons. The molecular weight excluding hydrogens is 446 g/mol. The molecule has 1 aliphatic carbocycles. The Labute approximate surface area is 203 Å². The number of nitrogens with zero attached hydrogens (tertiary/aromatic N) is 4. The van der Waals surface area contributed by atoms with Crippen LogP contribution < -0.4 is 9.64 Å². The zero-order valence-corrected chi connectivity index (χ0v) is 19.5. The Kier molecular flexibility index (Phi) is 5.44. The highest BCUT2D eigenvalue weighted by atomic mass is 16.5. The average molecular weight is 476 g/mol. The van der Waals surface area contributed by atoms with Crippen molar-refractivity contribution in [3.05, 3.63) is 48.3 Å². The van der Waals surface area contributed by atoms with Gasteiger partial charge < -0.3 is 19.6 Å². The molecule has 3 aromatic rings. The maximum atomic E-state index is 13.8. The predicted octanol–water partition coefficient (Wildman–Crippen LogP) is 2.40. The average Bonchev–Trinajstić information content (AvgIpc) is 3.60. The summed E-state index contributed by atoms with van der Waals surface area (Å²) in [6, 6.07) is 9.81. The first-order valence-corrected chi connectivity index (χ1v) is 12.3. The highest BCUT2D eigenvalue weighted by Gasteiger charge is 2.52.